The van der Waals surface area contributed by atoms with E-state index in [9.17, 15) is 49.5 Å². The van der Waals surface area contributed by atoms with Crippen LogP contribution < -0.4 is 27.0 Å². The van der Waals surface area contributed by atoms with Crippen LogP contribution in [-0.4, -0.2) is 104 Å². The third-order valence-corrected chi connectivity index (χ3v) is 7.93. The fraction of sp³-hybridized carbons (Fsp3) is 0.656. The van der Waals surface area contributed by atoms with Gasteiger partial charge in [0.1, 0.15) is 24.3 Å². The molecular formula is C32H53N5O10. The van der Waals surface area contributed by atoms with Gasteiger partial charge < -0.3 is 52.5 Å². The molecule has 0 aliphatic rings. The summed E-state index contributed by atoms with van der Waals surface area (Å²) in [5, 5.41) is 61.2. The van der Waals surface area contributed by atoms with Gasteiger partial charge in [-0.1, -0.05) is 78.3 Å². The van der Waals surface area contributed by atoms with Crippen molar-refractivity contribution in [3.63, 3.8) is 0 Å². The van der Waals surface area contributed by atoms with E-state index in [1.807, 2.05) is 6.92 Å². The SMILES string of the molecule is CCC(C)C(NC(=O)C(N)C(C)C)C(=O)NC(CC(C)C)C(=O)NC(CO)C(O)C(O)C(O)C(=O)NC(CC(=O)O)c1ccccc1. The van der Waals surface area contributed by atoms with E-state index in [0.29, 0.717) is 12.0 Å². The highest BCUT2D eigenvalue weighted by molar-refractivity contribution is 5.93. The van der Waals surface area contributed by atoms with E-state index >= 15 is 0 Å². The number of aliphatic hydroxyl groups excluding tert-OH is 4. The van der Waals surface area contributed by atoms with Gasteiger partial charge in [0.25, 0.3) is 5.91 Å². The van der Waals surface area contributed by atoms with Crippen molar-refractivity contribution in [3.05, 3.63) is 35.9 Å². The molecule has 1 aromatic rings. The van der Waals surface area contributed by atoms with Gasteiger partial charge in [-0.05, 0) is 29.7 Å². The zero-order valence-electron chi connectivity index (χ0n) is 27.9. The van der Waals surface area contributed by atoms with Crippen molar-refractivity contribution >= 4 is 29.6 Å². The van der Waals surface area contributed by atoms with Crippen molar-refractivity contribution in [3.8, 4) is 0 Å². The summed E-state index contributed by atoms with van der Waals surface area (Å²) >= 11 is 0. The minimum Gasteiger partial charge on any atom is -0.481 e. The van der Waals surface area contributed by atoms with Crippen molar-refractivity contribution in [1.82, 2.24) is 21.3 Å². The first-order chi connectivity index (χ1) is 21.9. The van der Waals surface area contributed by atoms with E-state index in [0.717, 1.165) is 0 Å². The lowest BCUT2D eigenvalue weighted by Crippen LogP contribution is -2.61. The van der Waals surface area contributed by atoms with Crippen LogP contribution in [0.2, 0.25) is 0 Å². The predicted octanol–water partition coefficient (Wildman–Crippen LogP) is -1.08. The Kier molecular flexibility index (Phi) is 17.5. The van der Waals surface area contributed by atoms with Gasteiger partial charge >= 0.3 is 5.97 Å². The maximum atomic E-state index is 13.4. The molecule has 266 valence electrons. The Hall–Kier alpha value is -3.63. The number of aliphatic hydroxyl groups is 4. The highest BCUT2D eigenvalue weighted by Crippen LogP contribution is 2.18. The fourth-order valence-corrected chi connectivity index (χ4v) is 4.69. The Morgan fingerprint density at radius 2 is 1.38 bits per heavy atom. The highest BCUT2D eigenvalue weighted by atomic mass is 16.4. The second-order valence-electron chi connectivity index (χ2n) is 12.6. The van der Waals surface area contributed by atoms with E-state index in [2.05, 4.69) is 21.3 Å². The van der Waals surface area contributed by atoms with Crippen LogP contribution in [0, 0.1) is 17.8 Å². The molecular weight excluding hydrogens is 614 g/mol. The molecule has 4 amide bonds. The van der Waals surface area contributed by atoms with Gasteiger partial charge in [-0.3, -0.25) is 24.0 Å². The molecule has 0 fully saturated rings. The van der Waals surface area contributed by atoms with Crippen molar-refractivity contribution in [2.24, 2.45) is 23.5 Å². The van der Waals surface area contributed by atoms with E-state index < -0.39 is 91.1 Å². The van der Waals surface area contributed by atoms with Gasteiger partial charge in [-0.25, -0.2) is 0 Å². The van der Waals surface area contributed by atoms with E-state index in [4.69, 9.17) is 5.73 Å². The summed E-state index contributed by atoms with van der Waals surface area (Å²) in [7, 11) is 0. The predicted molar refractivity (Wildman–Crippen MR) is 172 cm³/mol. The number of carboxylic acids is 1. The monoisotopic (exact) mass is 667 g/mol. The number of amides is 4. The number of rotatable bonds is 20. The maximum Gasteiger partial charge on any atom is 0.305 e. The number of hydrogen-bond acceptors (Lipinski definition) is 10. The second kappa shape index (κ2) is 19.9. The number of nitrogens with one attached hydrogen (secondary N) is 4. The van der Waals surface area contributed by atoms with Crippen LogP contribution in [0.5, 0.6) is 0 Å². The molecule has 0 aliphatic heterocycles. The van der Waals surface area contributed by atoms with Crippen molar-refractivity contribution in [2.45, 2.75) is 109 Å². The molecule has 9 unspecified atom stereocenters. The summed E-state index contributed by atoms with van der Waals surface area (Å²) in [6.07, 6.45) is -6.46. The number of carbonyl (C=O) groups excluding carboxylic acids is 4. The average molecular weight is 668 g/mol. The molecule has 9 atom stereocenters. The number of carboxylic acid groups (broad SMARTS) is 1. The minimum absolute atomic E-state index is 0.117. The number of benzene rings is 1. The normalized spacial score (nSPS) is 17.3. The Bertz CT molecular complexity index is 1170. The molecule has 1 aromatic carbocycles. The van der Waals surface area contributed by atoms with Crippen LogP contribution in [0.4, 0.5) is 0 Å². The van der Waals surface area contributed by atoms with Gasteiger partial charge in [-0.15, -0.1) is 0 Å². The van der Waals surface area contributed by atoms with Gasteiger partial charge in [0.15, 0.2) is 6.10 Å². The molecule has 0 saturated heterocycles. The molecule has 0 aromatic heterocycles. The Balaban J connectivity index is 3.08. The zero-order chi connectivity index (χ0) is 36.0. The largest absolute Gasteiger partial charge is 0.481 e. The number of nitrogens with two attached hydrogens (primary N) is 1. The van der Waals surface area contributed by atoms with Crippen LogP contribution >= 0.6 is 0 Å². The smallest absolute Gasteiger partial charge is 0.305 e. The summed E-state index contributed by atoms with van der Waals surface area (Å²) < 4.78 is 0. The maximum absolute atomic E-state index is 13.4. The summed E-state index contributed by atoms with van der Waals surface area (Å²) in [5.74, 6) is -5.08. The van der Waals surface area contributed by atoms with Gasteiger partial charge in [0, 0.05) is 0 Å². The van der Waals surface area contributed by atoms with Crippen molar-refractivity contribution in [2.75, 3.05) is 6.61 Å². The first-order valence-corrected chi connectivity index (χ1v) is 15.8. The van der Waals surface area contributed by atoms with Crippen LogP contribution in [0.3, 0.4) is 0 Å². The lowest BCUT2D eigenvalue weighted by atomic mass is 9.95. The van der Waals surface area contributed by atoms with Gasteiger partial charge in [0.2, 0.25) is 17.7 Å². The fourth-order valence-electron chi connectivity index (χ4n) is 4.69. The van der Waals surface area contributed by atoms with Gasteiger partial charge in [-0.2, -0.15) is 0 Å². The second-order valence-corrected chi connectivity index (χ2v) is 12.6. The lowest BCUT2D eigenvalue weighted by Gasteiger charge is -2.31. The standard InChI is InChI=1S/C32H53N5O10/c1-7-18(6)25(37-30(45)24(33)17(4)5)31(46)35-21(13-16(2)3)29(44)36-22(15-38)26(41)27(42)28(43)32(47)34-20(14-23(39)40)19-11-9-8-10-12-19/h8-12,16-18,20-22,24-28,38,41-43H,7,13-15,33H2,1-6H3,(H,34,47)(H,35,46)(H,36,44)(H,37,45)(H,39,40). The lowest BCUT2D eigenvalue weighted by molar-refractivity contribution is -0.145. The summed E-state index contributed by atoms with van der Waals surface area (Å²) in [4.78, 5) is 63.6. The molecule has 11 N–H and O–H groups in total. The van der Waals surface area contributed by atoms with E-state index in [1.165, 1.54) is 0 Å². The third-order valence-electron chi connectivity index (χ3n) is 7.93. The summed E-state index contributed by atoms with van der Waals surface area (Å²) in [5.41, 5.74) is 6.37. The third kappa shape index (κ3) is 13.2. The molecule has 47 heavy (non-hydrogen) atoms. The molecule has 1 rings (SSSR count). The molecule has 0 saturated carbocycles. The van der Waals surface area contributed by atoms with E-state index in [1.54, 1.807) is 65.0 Å². The Labute approximate surface area is 275 Å². The van der Waals surface area contributed by atoms with Crippen LogP contribution in [0.15, 0.2) is 30.3 Å². The molecule has 0 heterocycles. The molecule has 0 aliphatic carbocycles. The Morgan fingerprint density at radius 3 is 1.87 bits per heavy atom. The molecule has 0 bridgehead atoms. The first kappa shape index (κ1) is 41.4. The molecule has 15 nitrogen and oxygen atoms in total. The molecule has 15 heteroatoms. The minimum atomic E-state index is -2.28. The average Bonchev–Trinajstić information content (AvgIpc) is 3.03. The van der Waals surface area contributed by atoms with Crippen molar-refractivity contribution in [1.29, 1.82) is 0 Å². The zero-order valence-corrected chi connectivity index (χ0v) is 27.9. The number of aliphatic carboxylic acids is 1. The number of carbonyl (C=O) groups is 5. The van der Waals surface area contributed by atoms with Gasteiger partial charge in [0.05, 0.1) is 31.2 Å². The van der Waals surface area contributed by atoms with E-state index in [-0.39, 0.29) is 24.2 Å². The van der Waals surface area contributed by atoms with Crippen molar-refractivity contribution < 1.29 is 49.5 Å². The highest BCUT2D eigenvalue weighted by Gasteiger charge is 2.38. The summed E-state index contributed by atoms with van der Waals surface area (Å²) in [6.45, 7) is 9.79. The molecule has 0 radical (unpaired) electrons. The van der Waals surface area contributed by atoms with Crippen LogP contribution in [-0.2, 0) is 24.0 Å². The Morgan fingerprint density at radius 1 is 0.787 bits per heavy atom. The summed E-state index contributed by atoms with van der Waals surface area (Å²) in [6, 6.07) is 2.32. The molecule has 0 spiro atoms. The number of hydrogen-bond donors (Lipinski definition) is 10. The quantitative estimate of drug-likeness (QED) is 0.0800. The van der Waals surface area contributed by atoms with Crippen LogP contribution in [0.1, 0.15) is 72.4 Å². The topological polar surface area (TPSA) is 261 Å². The van der Waals surface area contributed by atoms with Crippen LogP contribution in [0.25, 0.3) is 0 Å². The first-order valence-electron chi connectivity index (χ1n) is 15.8.